The highest BCUT2D eigenvalue weighted by Gasteiger charge is 2.21. The van der Waals surface area contributed by atoms with Crippen LogP contribution in [0.3, 0.4) is 0 Å². The van der Waals surface area contributed by atoms with E-state index in [1.165, 1.54) is 7.11 Å². The number of ether oxygens (including phenoxy) is 1. The van der Waals surface area contributed by atoms with Gasteiger partial charge in [-0.3, -0.25) is 0 Å². The molecule has 0 aliphatic rings. The van der Waals surface area contributed by atoms with Crippen LogP contribution < -0.4 is 16.2 Å². The second-order valence-electron chi connectivity index (χ2n) is 3.54. The summed E-state index contributed by atoms with van der Waals surface area (Å²) in [6, 6.07) is 0. The third-order valence-corrected chi connectivity index (χ3v) is 3.30. The molecule has 6 heteroatoms. The highest BCUT2D eigenvalue weighted by atomic mass is 35.5. The van der Waals surface area contributed by atoms with Crippen LogP contribution in [-0.2, 0) is 12.8 Å². The number of methoxy groups -OCH3 is 1. The van der Waals surface area contributed by atoms with Crippen LogP contribution in [0.25, 0.3) is 0 Å². The van der Waals surface area contributed by atoms with Gasteiger partial charge < -0.3 is 21.3 Å². The topological polar surface area (TPSA) is 81.5 Å². The lowest BCUT2D eigenvalue weighted by molar-refractivity contribution is 0.405. The number of rotatable bonds is 5. The molecule has 0 heterocycles. The maximum absolute atomic E-state index is 9.97. The van der Waals surface area contributed by atoms with Crippen LogP contribution in [0.15, 0.2) is 0 Å². The van der Waals surface area contributed by atoms with Crippen molar-refractivity contribution in [2.24, 2.45) is 11.5 Å². The number of halogens is 2. The Hall–Kier alpha value is -0.680. The van der Waals surface area contributed by atoms with Crippen LogP contribution in [0, 0.1) is 0 Å². The monoisotopic (exact) mass is 278 g/mol. The molecule has 0 spiro atoms. The Labute approximate surface area is 110 Å². The van der Waals surface area contributed by atoms with Crippen molar-refractivity contribution >= 4 is 23.2 Å². The van der Waals surface area contributed by atoms with Crippen molar-refractivity contribution in [2.45, 2.75) is 12.8 Å². The molecule has 96 valence electrons. The first-order valence-electron chi connectivity index (χ1n) is 5.24. The molecule has 1 rings (SSSR count). The molecule has 0 fully saturated rings. The molecule has 4 nitrogen and oxygen atoms in total. The Kier molecular flexibility index (Phi) is 5.33. The minimum atomic E-state index is -0.0358. The number of aromatic hydroxyl groups is 1. The van der Waals surface area contributed by atoms with Crippen molar-refractivity contribution in [3.05, 3.63) is 21.2 Å². The second kappa shape index (κ2) is 6.31. The number of nitrogens with two attached hydrogens (primary N) is 2. The molecule has 0 unspecified atom stereocenters. The summed E-state index contributed by atoms with van der Waals surface area (Å²) in [5.74, 6) is 0.426. The lowest BCUT2D eigenvalue weighted by Crippen LogP contribution is -2.08. The van der Waals surface area contributed by atoms with E-state index in [1.54, 1.807) is 0 Å². The SMILES string of the molecule is COc1c(Cl)c(CCN)c(O)c(Cl)c1CCN. The third-order valence-electron chi connectivity index (χ3n) is 2.49. The van der Waals surface area contributed by atoms with Gasteiger partial charge in [0.2, 0.25) is 0 Å². The summed E-state index contributed by atoms with van der Waals surface area (Å²) in [5, 5.41) is 10.6. The van der Waals surface area contributed by atoms with Crippen molar-refractivity contribution < 1.29 is 9.84 Å². The number of phenolic OH excluding ortho intramolecular Hbond substituents is 1. The van der Waals surface area contributed by atoms with E-state index < -0.39 is 0 Å². The quantitative estimate of drug-likeness (QED) is 0.766. The standard InChI is InChI=1S/C11H16Cl2N2O2/c1-17-11-7(3-5-15)8(12)10(16)6(2-4-14)9(11)13/h16H,2-5,14-15H2,1H3. The van der Waals surface area contributed by atoms with E-state index in [0.29, 0.717) is 47.8 Å². The maximum atomic E-state index is 9.97. The van der Waals surface area contributed by atoms with Gasteiger partial charge in [0.25, 0.3) is 0 Å². The molecule has 0 radical (unpaired) electrons. The minimum absolute atomic E-state index is 0.0358. The Morgan fingerprint density at radius 2 is 1.59 bits per heavy atom. The van der Waals surface area contributed by atoms with E-state index in [0.717, 1.165) is 0 Å². The molecule has 0 saturated heterocycles. The fourth-order valence-corrected chi connectivity index (χ4v) is 2.37. The van der Waals surface area contributed by atoms with Gasteiger partial charge in [-0.1, -0.05) is 23.2 Å². The average Bonchev–Trinajstić information content (AvgIpc) is 2.32. The Morgan fingerprint density at radius 3 is 2.06 bits per heavy atom. The summed E-state index contributed by atoms with van der Waals surface area (Å²) >= 11 is 12.2. The van der Waals surface area contributed by atoms with Gasteiger partial charge in [0.15, 0.2) is 0 Å². The van der Waals surface area contributed by atoms with Crippen molar-refractivity contribution in [3.63, 3.8) is 0 Å². The smallest absolute Gasteiger partial charge is 0.142 e. The lowest BCUT2D eigenvalue weighted by Gasteiger charge is -2.17. The molecular formula is C11H16Cl2N2O2. The van der Waals surface area contributed by atoms with Crippen LogP contribution in [0.5, 0.6) is 11.5 Å². The van der Waals surface area contributed by atoms with E-state index in [9.17, 15) is 5.11 Å². The zero-order valence-corrected chi connectivity index (χ0v) is 11.1. The zero-order valence-electron chi connectivity index (χ0n) is 9.59. The van der Waals surface area contributed by atoms with E-state index in [-0.39, 0.29) is 10.8 Å². The average molecular weight is 279 g/mol. The molecule has 0 aromatic heterocycles. The first-order chi connectivity index (χ1) is 8.08. The number of hydrogen-bond acceptors (Lipinski definition) is 4. The molecule has 0 atom stereocenters. The van der Waals surface area contributed by atoms with E-state index in [1.807, 2.05) is 0 Å². The van der Waals surface area contributed by atoms with Crippen LogP contribution in [0.2, 0.25) is 10.0 Å². The molecule has 0 bridgehead atoms. The van der Waals surface area contributed by atoms with Crippen LogP contribution in [0.4, 0.5) is 0 Å². The minimum Gasteiger partial charge on any atom is -0.506 e. The van der Waals surface area contributed by atoms with E-state index in [4.69, 9.17) is 39.4 Å². The van der Waals surface area contributed by atoms with Crippen molar-refractivity contribution in [1.29, 1.82) is 0 Å². The van der Waals surface area contributed by atoms with Gasteiger partial charge in [-0.25, -0.2) is 0 Å². The third kappa shape index (κ3) is 2.77. The summed E-state index contributed by atoms with van der Waals surface area (Å²) in [7, 11) is 1.50. The molecular weight excluding hydrogens is 263 g/mol. The first kappa shape index (κ1) is 14.4. The van der Waals surface area contributed by atoms with Crippen LogP contribution in [-0.4, -0.2) is 25.3 Å². The summed E-state index contributed by atoms with van der Waals surface area (Å²) in [4.78, 5) is 0. The number of phenols is 1. The van der Waals surface area contributed by atoms with Gasteiger partial charge in [0.05, 0.1) is 17.2 Å². The van der Waals surface area contributed by atoms with Gasteiger partial charge >= 0.3 is 0 Å². The summed E-state index contributed by atoms with van der Waals surface area (Å²) in [6.07, 6.45) is 0.918. The van der Waals surface area contributed by atoms with Crippen molar-refractivity contribution in [2.75, 3.05) is 20.2 Å². The van der Waals surface area contributed by atoms with Crippen LogP contribution >= 0.6 is 23.2 Å². The lowest BCUT2D eigenvalue weighted by atomic mass is 10.0. The summed E-state index contributed by atoms with van der Waals surface area (Å²) in [5.41, 5.74) is 12.1. The Balaban J connectivity index is 3.44. The largest absolute Gasteiger partial charge is 0.506 e. The molecule has 1 aromatic carbocycles. The predicted molar refractivity (Wildman–Crippen MR) is 70.2 cm³/mol. The Bertz CT molecular complexity index is 411. The van der Waals surface area contributed by atoms with Crippen molar-refractivity contribution in [3.8, 4) is 11.5 Å². The second-order valence-corrected chi connectivity index (χ2v) is 4.30. The summed E-state index contributed by atoms with van der Waals surface area (Å²) < 4.78 is 5.23. The van der Waals surface area contributed by atoms with Gasteiger partial charge in [-0.2, -0.15) is 0 Å². The normalized spacial score (nSPS) is 10.6. The highest BCUT2D eigenvalue weighted by Crippen LogP contribution is 2.44. The Morgan fingerprint density at radius 1 is 1.06 bits per heavy atom. The first-order valence-corrected chi connectivity index (χ1v) is 5.99. The molecule has 0 saturated carbocycles. The molecule has 0 aliphatic carbocycles. The highest BCUT2D eigenvalue weighted by molar-refractivity contribution is 6.36. The van der Waals surface area contributed by atoms with Crippen molar-refractivity contribution in [1.82, 2.24) is 0 Å². The van der Waals surface area contributed by atoms with Gasteiger partial charge in [0.1, 0.15) is 11.5 Å². The fourth-order valence-electron chi connectivity index (χ4n) is 1.70. The maximum Gasteiger partial charge on any atom is 0.142 e. The number of benzene rings is 1. The molecule has 0 aliphatic heterocycles. The van der Waals surface area contributed by atoms with E-state index >= 15 is 0 Å². The van der Waals surface area contributed by atoms with E-state index in [2.05, 4.69) is 0 Å². The van der Waals surface area contributed by atoms with Gasteiger partial charge in [-0.05, 0) is 25.9 Å². The summed E-state index contributed by atoms with van der Waals surface area (Å²) in [6.45, 7) is 0.755. The predicted octanol–water partition coefficient (Wildman–Crippen LogP) is 1.71. The zero-order chi connectivity index (χ0) is 13.0. The molecule has 0 amide bonds. The molecule has 17 heavy (non-hydrogen) atoms. The number of hydrogen-bond donors (Lipinski definition) is 3. The van der Waals surface area contributed by atoms with Gasteiger partial charge in [-0.15, -0.1) is 0 Å². The molecule has 5 N–H and O–H groups in total. The molecule has 1 aromatic rings. The fraction of sp³-hybridized carbons (Fsp3) is 0.455. The van der Waals surface area contributed by atoms with Crippen LogP contribution in [0.1, 0.15) is 11.1 Å². The van der Waals surface area contributed by atoms with Gasteiger partial charge in [0, 0.05) is 11.1 Å².